The fourth-order valence-corrected chi connectivity index (χ4v) is 7.29. The molecule has 0 aromatic heterocycles. The average molecular weight is 557 g/mol. The smallest absolute Gasteiger partial charge is 0.00264 e. The largest absolute Gasteiger partial charge is 0.0622 e. The molecule has 0 heterocycles. The number of benzene rings is 9. The zero-order chi connectivity index (χ0) is 29.0. The second-order valence-electron chi connectivity index (χ2n) is 11.6. The van der Waals surface area contributed by atoms with Crippen molar-refractivity contribution in [3.05, 3.63) is 170 Å². The van der Waals surface area contributed by atoms with Gasteiger partial charge in [-0.25, -0.2) is 0 Å². The standard InChI is InChI=1S/C44H28/c1-2-13-30(14-3-1)43-36-18-8-10-20-38(36)44(39-21-11-9-19-37(39)43)32-24-22-31(23-25-32)42-35-17-7-5-15-33(35)28-41-34-16-6-4-12-29(34)26-27-40(41)42/h1-28H. The van der Waals surface area contributed by atoms with Gasteiger partial charge in [-0.3, -0.25) is 0 Å². The molecule has 9 rings (SSSR count). The summed E-state index contributed by atoms with van der Waals surface area (Å²) in [6, 6.07) is 62.2. The van der Waals surface area contributed by atoms with Gasteiger partial charge < -0.3 is 0 Å². The predicted molar refractivity (Wildman–Crippen MR) is 190 cm³/mol. The van der Waals surface area contributed by atoms with Crippen LogP contribution in [0, 0.1) is 0 Å². The molecule has 9 aromatic carbocycles. The number of hydrogen-bond acceptors (Lipinski definition) is 0. The summed E-state index contributed by atoms with van der Waals surface area (Å²) in [4.78, 5) is 0. The van der Waals surface area contributed by atoms with E-state index in [-0.39, 0.29) is 0 Å². The molecule has 0 saturated heterocycles. The van der Waals surface area contributed by atoms with Crippen molar-refractivity contribution < 1.29 is 0 Å². The Morgan fingerprint density at radius 3 is 1.16 bits per heavy atom. The van der Waals surface area contributed by atoms with E-state index in [4.69, 9.17) is 0 Å². The molecule has 0 amide bonds. The van der Waals surface area contributed by atoms with Crippen molar-refractivity contribution >= 4 is 53.9 Å². The van der Waals surface area contributed by atoms with Gasteiger partial charge in [0.15, 0.2) is 0 Å². The Hall–Kier alpha value is -5.72. The van der Waals surface area contributed by atoms with Crippen LogP contribution in [0.15, 0.2) is 170 Å². The highest BCUT2D eigenvalue weighted by molar-refractivity contribution is 6.22. The van der Waals surface area contributed by atoms with Crippen LogP contribution in [-0.4, -0.2) is 0 Å². The first-order chi connectivity index (χ1) is 21.8. The zero-order valence-electron chi connectivity index (χ0n) is 24.2. The molecule has 0 radical (unpaired) electrons. The summed E-state index contributed by atoms with van der Waals surface area (Å²) in [6.07, 6.45) is 0. The monoisotopic (exact) mass is 556 g/mol. The van der Waals surface area contributed by atoms with Crippen LogP contribution < -0.4 is 0 Å². The Balaban J connectivity index is 1.30. The van der Waals surface area contributed by atoms with Crippen LogP contribution in [-0.2, 0) is 0 Å². The molecule has 0 nitrogen and oxygen atoms in total. The van der Waals surface area contributed by atoms with Gasteiger partial charge in [0.1, 0.15) is 0 Å². The third-order valence-corrected chi connectivity index (χ3v) is 9.23. The van der Waals surface area contributed by atoms with Crippen molar-refractivity contribution in [2.45, 2.75) is 0 Å². The Bertz CT molecular complexity index is 2460. The molecule has 0 unspecified atom stereocenters. The van der Waals surface area contributed by atoms with Crippen molar-refractivity contribution in [2.24, 2.45) is 0 Å². The molecule has 0 spiro atoms. The molecule has 0 bridgehead atoms. The maximum Gasteiger partial charge on any atom is -0.00264 e. The second kappa shape index (κ2) is 9.93. The maximum atomic E-state index is 2.36. The molecule has 44 heavy (non-hydrogen) atoms. The van der Waals surface area contributed by atoms with Gasteiger partial charge in [0.2, 0.25) is 0 Å². The molecule has 0 saturated carbocycles. The molecule has 0 aliphatic rings. The van der Waals surface area contributed by atoms with E-state index in [1.54, 1.807) is 0 Å². The van der Waals surface area contributed by atoms with Gasteiger partial charge in [-0.05, 0) is 93.3 Å². The molecule has 204 valence electrons. The summed E-state index contributed by atoms with van der Waals surface area (Å²) < 4.78 is 0. The van der Waals surface area contributed by atoms with Gasteiger partial charge in [-0.15, -0.1) is 0 Å². The SMILES string of the molecule is c1ccc(-c2c3ccccc3c(-c3ccc(-c4c5ccccc5cc5c4ccc4ccccc45)cc3)c3ccccc23)cc1. The fraction of sp³-hybridized carbons (Fsp3) is 0. The van der Waals surface area contributed by atoms with Crippen molar-refractivity contribution in [3.63, 3.8) is 0 Å². The van der Waals surface area contributed by atoms with Crippen molar-refractivity contribution in [1.82, 2.24) is 0 Å². The van der Waals surface area contributed by atoms with E-state index < -0.39 is 0 Å². The lowest BCUT2D eigenvalue weighted by Gasteiger charge is -2.18. The minimum atomic E-state index is 1.23. The number of fused-ring (bicyclic) bond motifs is 6. The van der Waals surface area contributed by atoms with E-state index in [1.807, 2.05) is 0 Å². The van der Waals surface area contributed by atoms with Crippen molar-refractivity contribution in [2.75, 3.05) is 0 Å². The van der Waals surface area contributed by atoms with Gasteiger partial charge in [-0.1, -0.05) is 164 Å². The lowest BCUT2D eigenvalue weighted by Crippen LogP contribution is -1.91. The number of rotatable bonds is 3. The van der Waals surface area contributed by atoms with Crippen LogP contribution in [0.2, 0.25) is 0 Å². The second-order valence-corrected chi connectivity index (χ2v) is 11.6. The van der Waals surface area contributed by atoms with Crippen LogP contribution in [0.25, 0.3) is 87.2 Å². The summed E-state index contributed by atoms with van der Waals surface area (Å²) in [6.45, 7) is 0. The fourth-order valence-electron chi connectivity index (χ4n) is 7.29. The zero-order valence-corrected chi connectivity index (χ0v) is 24.2. The van der Waals surface area contributed by atoms with Gasteiger partial charge in [0.05, 0.1) is 0 Å². The Morgan fingerprint density at radius 1 is 0.205 bits per heavy atom. The first kappa shape index (κ1) is 24.8. The van der Waals surface area contributed by atoms with Gasteiger partial charge >= 0.3 is 0 Å². The van der Waals surface area contributed by atoms with Crippen LogP contribution in [0.5, 0.6) is 0 Å². The molecule has 0 fully saturated rings. The molecular formula is C44H28. The van der Waals surface area contributed by atoms with Gasteiger partial charge in [0.25, 0.3) is 0 Å². The van der Waals surface area contributed by atoms with E-state index in [2.05, 4.69) is 170 Å². The highest BCUT2D eigenvalue weighted by Gasteiger charge is 2.17. The minimum Gasteiger partial charge on any atom is -0.0622 e. The van der Waals surface area contributed by atoms with Crippen molar-refractivity contribution in [3.8, 4) is 33.4 Å². The van der Waals surface area contributed by atoms with Gasteiger partial charge in [-0.2, -0.15) is 0 Å². The van der Waals surface area contributed by atoms with E-state index in [0.717, 1.165) is 0 Å². The minimum absolute atomic E-state index is 1.23. The van der Waals surface area contributed by atoms with Gasteiger partial charge in [0, 0.05) is 0 Å². The molecule has 0 aliphatic carbocycles. The van der Waals surface area contributed by atoms with Crippen LogP contribution >= 0.6 is 0 Å². The van der Waals surface area contributed by atoms with Crippen LogP contribution in [0.1, 0.15) is 0 Å². The quantitative estimate of drug-likeness (QED) is 0.150. The summed E-state index contributed by atoms with van der Waals surface area (Å²) in [5.41, 5.74) is 7.60. The van der Waals surface area contributed by atoms with Crippen molar-refractivity contribution in [1.29, 1.82) is 0 Å². The Morgan fingerprint density at radius 2 is 0.591 bits per heavy atom. The Labute approximate surface area is 256 Å². The molecule has 0 aliphatic heterocycles. The van der Waals surface area contributed by atoms with Crippen LogP contribution in [0.3, 0.4) is 0 Å². The summed E-state index contributed by atoms with van der Waals surface area (Å²) in [5, 5.41) is 12.8. The lowest BCUT2D eigenvalue weighted by atomic mass is 9.85. The highest BCUT2D eigenvalue weighted by atomic mass is 14.2. The lowest BCUT2D eigenvalue weighted by molar-refractivity contribution is 1.64. The van der Waals surface area contributed by atoms with E-state index >= 15 is 0 Å². The summed E-state index contributed by atoms with van der Waals surface area (Å²) in [7, 11) is 0. The first-order valence-corrected chi connectivity index (χ1v) is 15.3. The third kappa shape index (κ3) is 3.78. The number of hydrogen-bond donors (Lipinski definition) is 0. The Kier molecular flexibility index (Phi) is 5.61. The van der Waals surface area contributed by atoms with E-state index in [9.17, 15) is 0 Å². The first-order valence-electron chi connectivity index (χ1n) is 15.3. The molecule has 0 atom stereocenters. The maximum absolute atomic E-state index is 2.36. The molecule has 0 heteroatoms. The summed E-state index contributed by atoms with van der Waals surface area (Å²) >= 11 is 0. The molecule has 9 aromatic rings. The molecule has 0 N–H and O–H groups in total. The normalized spacial score (nSPS) is 11.6. The predicted octanol–water partition coefficient (Wildman–Crippen LogP) is 12.5. The molecular weight excluding hydrogens is 528 g/mol. The summed E-state index contributed by atoms with van der Waals surface area (Å²) in [5.74, 6) is 0. The highest BCUT2D eigenvalue weighted by Crippen LogP contribution is 2.45. The van der Waals surface area contributed by atoms with E-state index in [1.165, 1.54) is 87.2 Å². The van der Waals surface area contributed by atoms with E-state index in [0.29, 0.717) is 0 Å². The third-order valence-electron chi connectivity index (χ3n) is 9.23. The average Bonchev–Trinajstić information content (AvgIpc) is 3.10. The van der Waals surface area contributed by atoms with Crippen LogP contribution in [0.4, 0.5) is 0 Å². The topological polar surface area (TPSA) is 0 Å².